The van der Waals surface area contributed by atoms with Gasteiger partial charge in [-0.25, -0.2) is 0 Å². The fourth-order valence-corrected chi connectivity index (χ4v) is 3.07. The Balaban J connectivity index is 1.85. The molecule has 29 heavy (non-hydrogen) atoms. The van der Waals surface area contributed by atoms with Crippen molar-refractivity contribution in [1.29, 1.82) is 0 Å². The molecular formula is C20H11F6NO2. The van der Waals surface area contributed by atoms with Gasteiger partial charge in [0.05, 0.1) is 16.9 Å². The molecule has 0 unspecified atom stereocenters. The number of fused-ring (bicyclic) bond motifs is 3. The number of rotatable bonds is 3. The highest BCUT2D eigenvalue weighted by molar-refractivity contribution is 6.10. The lowest BCUT2D eigenvalue weighted by molar-refractivity contribution is -0.274. The third-order valence-corrected chi connectivity index (χ3v) is 4.21. The van der Waals surface area contributed by atoms with Crippen LogP contribution in [0.3, 0.4) is 0 Å². The molecule has 3 aromatic carbocycles. The molecule has 0 amide bonds. The molecule has 0 spiro atoms. The van der Waals surface area contributed by atoms with Gasteiger partial charge in [-0.05, 0) is 24.3 Å². The monoisotopic (exact) mass is 411 g/mol. The smallest absolute Gasteiger partial charge is 0.453 e. The maximum Gasteiger partial charge on any atom is 0.573 e. The van der Waals surface area contributed by atoms with Crippen molar-refractivity contribution in [3.63, 3.8) is 0 Å². The van der Waals surface area contributed by atoms with Crippen molar-refractivity contribution in [2.24, 2.45) is 0 Å². The molecule has 0 bridgehead atoms. The summed E-state index contributed by atoms with van der Waals surface area (Å²) in [6.07, 6.45) is -9.51. The Morgan fingerprint density at radius 3 is 2.00 bits per heavy atom. The first-order chi connectivity index (χ1) is 13.6. The van der Waals surface area contributed by atoms with E-state index in [1.54, 1.807) is 12.1 Å². The van der Waals surface area contributed by atoms with Gasteiger partial charge in [-0.2, -0.15) is 13.2 Å². The number of hydrogen-bond acceptors (Lipinski definition) is 3. The van der Waals surface area contributed by atoms with Crippen LogP contribution < -0.4 is 10.1 Å². The number of hydrogen-bond donors (Lipinski definition) is 1. The zero-order valence-corrected chi connectivity index (χ0v) is 14.4. The molecule has 4 rings (SSSR count). The molecule has 0 fully saturated rings. The van der Waals surface area contributed by atoms with E-state index in [0.29, 0.717) is 5.39 Å². The van der Waals surface area contributed by atoms with Crippen molar-refractivity contribution in [1.82, 2.24) is 0 Å². The topological polar surface area (TPSA) is 34.4 Å². The molecule has 0 radical (unpaired) electrons. The van der Waals surface area contributed by atoms with Gasteiger partial charge in [0.25, 0.3) is 0 Å². The number of halogens is 6. The molecule has 0 aliphatic heterocycles. The average Bonchev–Trinajstić information content (AvgIpc) is 3.01. The standard InChI is InChI=1S/C20H11F6NO2/c21-19(22,23)13-7-3-5-11-12-6-4-9-15(18(12)28-17(11)13)27-14-8-1-2-10-16(14)29-20(24,25)26/h1-10,27H. The highest BCUT2D eigenvalue weighted by Crippen LogP contribution is 2.42. The van der Waals surface area contributed by atoms with E-state index in [2.05, 4.69) is 10.1 Å². The first kappa shape index (κ1) is 19.0. The number of alkyl halides is 6. The summed E-state index contributed by atoms with van der Waals surface area (Å²) < 4.78 is 87.3. The minimum Gasteiger partial charge on any atom is -0.453 e. The molecule has 150 valence electrons. The average molecular weight is 411 g/mol. The SMILES string of the molecule is FC(F)(F)Oc1ccccc1Nc1cccc2c1oc1c(C(F)(F)F)cccc12. The quantitative estimate of drug-likeness (QED) is 0.361. The van der Waals surface area contributed by atoms with Gasteiger partial charge in [-0.15, -0.1) is 13.2 Å². The molecule has 0 atom stereocenters. The lowest BCUT2D eigenvalue weighted by Gasteiger charge is -2.14. The van der Waals surface area contributed by atoms with Gasteiger partial charge in [-0.3, -0.25) is 0 Å². The molecule has 0 saturated heterocycles. The maximum absolute atomic E-state index is 13.3. The van der Waals surface area contributed by atoms with Crippen molar-refractivity contribution < 1.29 is 35.5 Å². The van der Waals surface area contributed by atoms with E-state index in [1.165, 1.54) is 36.4 Å². The largest absolute Gasteiger partial charge is 0.573 e. The lowest BCUT2D eigenvalue weighted by atomic mass is 10.1. The van der Waals surface area contributed by atoms with Crippen LogP contribution >= 0.6 is 0 Å². The van der Waals surface area contributed by atoms with Crippen LogP contribution in [0.1, 0.15) is 5.56 Å². The van der Waals surface area contributed by atoms with Crippen LogP contribution in [0.4, 0.5) is 37.7 Å². The summed E-state index contributed by atoms with van der Waals surface area (Å²) in [5.41, 5.74) is -1.01. The summed E-state index contributed by atoms with van der Waals surface area (Å²) in [6.45, 7) is 0. The van der Waals surface area contributed by atoms with Crippen LogP contribution in [0.2, 0.25) is 0 Å². The van der Waals surface area contributed by atoms with Gasteiger partial charge in [0.1, 0.15) is 5.58 Å². The zero-order valence-electron chi connectivity index (χ0n) is 14.4. The molecule has 0 saturated carbocycles. The lowest BCUT2D eigenvalue weighted by Crippen LogP contribution is -2.17. The molecule has 0 aliphatic rings. The molecule has 1 aromatic heterocycles. The minimum atomic E-state index is -4.90. The Hall–Kier alpha value is -3.36. The number of furan rings is 1. The summed E-state index contributed by atoms with van der Waals surface area (Å²) in [5.74, 6) is -0.482. The van der Waals surface area contributed by atoms with Crippen LogP contribution in [0, 0.1) is 0 Å². The van der Waals surface area contributed by atoms with E-state index < -0.39 is 23.9 Å². The zero-order chi connectivity index (χ0) is 20.8. The Labute approximate surface area is 159 Å². The highest BCUT2D eigenvalue weighted by Gasteiger charge is 2.35. The van der Waals surface area contributed by atoms with E-state index in [-0.39, 0.29) is 27.9 Å². The van der Waals surface area contributed by atoms with Crippen LogP contribution in [0.5, 0.6) is 5.75 Å². The second kappa shape index (κ2) is 6.61. The van der Waals surface area contributed by atoms with Crippen LogP contribution in [-0.2, 0) is 6.18 Å². The number of benzene rings is 3. The van der Waals surface area contributed by atoms with Gasteiger partial charge in [-0.1, -0.05) is 36.4 Å². The minimum absolute atomic E-state index is 0.0196. The molecule has 9 heteroatoms. The van der Waals surface area contributed by atoms with Gasteiger partial charge in [0, 0.05) is 10.8 Å². The van der Waals surface area contributed by atoms with Crippen LogP contribution in [0.15, 0.2) is 65.1 Å². The molecule has 0 aliphatic carbocycles. The summed E-state index contributed by atoms with van der Waals surface area (Å²) in [7, 11) is 0. The van der Waals surface area contributed by atoms with Crippen molar-refractivity contribution in [3.8, 4) is 5.75 Å². The third kappa shape index (κ3) is 3.67. The predicted molar refractivity (Wildman–Crippen MR) is 95.1 cm³/mol. The summed E-state index contributed by atoms with van der Waals surface area (Å²) in [4.78, 5) is 0. The third-order valence-electron chi connectivity index (χ3n) is 4.21. The Morgan fingerprint density at radius 2 is 1.31 bits per heavy atom. The number of ether oxygens (including phenoxy) is 1. The highest BCUT2D eigenvalue weighted by atomic mass is 19.4. The summed E-state index contributed by atoms with van der Waals surface area (Å²) in [5, 5.41) is 3.40. The van der Waals surface area contributed by atoms with Gasteiger partial charge < -0.3 is 14.5 Å². The number of para-hydroxylation sites is 4. The van der Waals surface area contributed by atoms with E-state index in [1.807, 2.05) is 0 Å². The van der Waals surface area contributed by atoms with Crippen molar-refractivity contribution in [3.05, 3.63) is 66.2 Å². The first-order valence-corrected chi connectivity index (χ1v) is 8.27. The molecular weight excluding hydrogens is 400 g/mol. The van der Waals surface area contributed by atoms with E-state index in [0.717, 1.165) is 12.1 Å². The fourth-order valence-electron chi connectivity index (χ4n) is 3.07. The molecule has 4 aromatic rings. The van der Waals surface area contributed by atoms with Gasteiger partial charge in [0.2, 0.25) is 0 Å². The van der Waals surface area contributed by atoms with E-state index in [9.17, 15) is 26.3 Å². The Bertz CT molecular complexity index is 1190. The Kier molecular flexibility index (Phi) is 4.33. The van der Waals surface area contributed by atoms with Gasteiger partial charge in [0.15, 0.2) is 11.3 Å². The fraction of sp³-hybridized carbons (Fsp3) is 0.100. The van der Waals surface area contributed by atoms with Crippen LogP contribution in [0.25, 0.3) is 21.9 Å². The van der Waals surface area contributed by atoms with E-state index in [4.69, 9.17) is 4.42 Å². The Morgan fingerprint density at radius 1 is 0.690 bits per heavy atom. The normalized spacial score (nSPS) is 12.5. The van der Waals surface area contributed by atoms with Crippen molar-refractivity contribution >= 4 is 33.3 Å². The van der Waals surface area contributed by atoms with Crippen molar-refractivity contribution in [2.45, 2.75) is 12.5 Å². The second-order valence-electron chi connectivity index (χ2n) is 6.13. The number of anilines is 2. The summed E-state index contributed by atoms with van der Waals surface area (Å²) in [6, 6.07) is 13.6. The predicted octanol–water partition coefficient (Wildman–Crippen LogP) is 7.25. The van der Waals surface area contributed by atoms with Crippen LogP contribution in [-0.4, -0.2) is 6.36 Å². The van der Waals surface area contributed by atoms with E-state index >= 15 is 0 Å². The first-order valence-electron chi connectivity index (χ1n) is 8.27. The molecule has 3 nitrogen and oxygen atoms in total. The van der Waals surface area contributed by atoms with Gasteiger partial charge >= 0.3 is 12.5 Å². The maximum atomic E-state index is 13.3. The summed E-state index contributed by atoms with van der Waals surface area (Å²) >= 11 is 0. The van der Waals surface area contributed by atoms with Crippen molar-refractivity contribution in [2.75, 3.05) is 5.32 Å². The molecule has 1 heterocycles. The molecule has 1 N–H and O–H groups in total. The second-order valence-corrected chi connectivity index (χ2v) is 6.13. The number of nitrogens with one attached hydrogen (secondary N) is 1.